The fourth-order valence-corrected chi connectivity index (χ4v) is 4.74. The quantitative estimate of drug-likeness (QED) is 0.467. The summed E-state index contributed by atoms with van der Waals surface area (Å²) in [6.45, 7) is 0. The molecule has 4 aliphatic carbocycles. The number of nitrogens with one attached hydrogen (secondary N) is 2. The molecule has 2 unspecified atom stereocenters. The van der Waals surface area contributed by atoms with Crippen LogP contribution in [0.1, 0.15) is 83.0 Å². The van der Waals surface area contributed by atoms with Crippen LogP contribution < -0.4 is 10.6 Å². The van der Waals surface area contributed by atoms with E-state index in [1.807, 2.05) is 0 Å². The molecular formula is C27H20N2O7. The number of benzene rings is 2. The normalized spacial score (nSPS) is 22.3. The molecule has 4 aliphatic rings. The summed E-state index contributed by atoms with van der Waals surface area (Å²) in [7, 11) is 0. The van der Waals surface area contributed by atoms with Gasteiger partial charge in [0.2, 0.25) is 11.8 Å². The Bertz CT molecular complexity index is 1340. The first-order valence-electron chi connectivity index (χ1n) is 11.8. The highest BCUT2D eigenvalue weighted by atomic mass is 16.2. The van der Waals surface area contributed by atoms with Crippen LogP contribution in [0.2, 0.25) is 0 Å². The number of fused-ring (bicyclic) bond motifs is 2. The number of amides is 2. The Labute approximate surface area is 204 Å². The number of carbonyl (C=O) groups is 7. The monoisotopic (exact) mass is 484 g/mol. The summed E-state index contributed by atoms with van der Waals surface area (Å²) in [5.74, 6) is -7.17. The zero-order valence-electron chi connectivity index (χ0n) is 19.0. The summed E-state index contributed by atoms with van der Waals surface area (Å²) >= 11 is 0. The molecule has 2 aromatic carbocycles. The molecule has 9 nitrogen and oxygen atoms in total. The first-order chi connectivity index (χ1) is 17.2. The lowest BCUT2D eigenvalue weighted by atomic mass is 9.96. The summed E-state index contributed by atoms with van der Waals surface area (Å²) < 4.78 is 0. The SMILES string of the molecule is O=C(c1ccc2c(c1)C(=O)C(C(=O)NC1CC1)C2=O)c1ccc2c(c1)C(=O)C(C(=O)NC1CC1)C2=O. The molecule has 9 heteroatoms. The van der Waals surface area contributed by atoms with Gasteiger partial charge in [-0.25, -0.2) is 0 Å². The summed E-state index contributed by atoms with van der Waals surface area (Å²) in [6.07, 6.45) is 3.25. The third kappa shape index (κ3) is 3.50. The number of ketones is 5. The van der Waals surface area contributed by atoms with Crippen molar-refractivity contribution in [2.45, 2.75) is 37.8 Å². The molecule has 0 aromatic heterocycles. The fourth-order valence-electron chi connectivity index (χ4n) is 4.74. The number of hydrogen-bond acceptors (Lipinski definition) is 7. The maximum absolute atomic E-state index is 13.2. The van der Waals surface area contributed by atoms with Gasteiger partial charge < -0.3 is 10.6 Å². The number of rotatable bonds is 6. The maximum Gasteiger partial charge on any atom is 0.239 e. The summed E-state index contributed by atoms with van der Waals surface area (Å²) in [5, 5.41) is 5.35. The molecule has 0 saturated heterocycles. The van der Waals surface area contributed by atoms with Gasteiger partial charge in [-0.05, 0) is 49.9 Å². The van der Waals surface area contributed by atoms with Crippen molar-refractivity contribution in [1.29, 1.82) is 0 Å². The van der Waals surface area contributed by atoms with E-state index in [4.69, 9.17) is 0 Å². The minimum absolute atomic E-state index is 0.00558. The molecule has 0 spiro atoms. The van der Waals surface area contributed by atoms with Crippen molar-refractivity contribution in [2.75, 3.05) is 0 Å². The molecular weight excluding hydrogens is 464 g/mol. The van der Waals surface area contributed by atoms with Crippen LogP contribution in [0.15, 0.2) is 36.4 Å². The molecule has 0 bridgehead atoms. The smallest absolute Gasteiger partial charge is 0.239 e. The second-order valence-electron chi connectivity index (χ2n) is 9.74. The zero-order valence-corrected chi connectivity index (χ0v) is 19.0. The molecule has 2 aromatic rings. The Morgan fingerprint density at radius 1 is 0.556 bits per heavy atom. The molecule has 36 heavy (non-hydrogen) atoms. The lowest BCUT2D eigenvalue weighted by Gasteiger charge is -2.07. The highest BCUT2D eigenvalue weighted by Gasteiger charge is 2.46. The predicted octanol–water partition coefficient (Wildman–Crippen LogP) is 1.47. The van der Waals surface area contributed by atoms with E-state index in [9.17, 15) is 33.6 Å². The van der Waals surface area contributed by atoms with Gasteiger partial charge >= 0.3 is 0 Å². The Morgan fingerprint density at radius 3 is 1.28 bits per heavy atom. The van der Waals surface area contributed by atoms with Crippen molar-refractivity contribution >= 4 is 40.7 Å². The molecule has 6 rings (SSSR count). The van der Waals surface area contributed by atoms with E-state index in [-0.39, 0.29) is 45.5 Å². The van der Waals surface area contributed by atoms with Crippen molar-refractivity contribution in [2.24, 2.45) is 11.8 Å². The molecule has 0 aliphatic heterocycles. The van der Waals surface area contributed by atoms with Crippen LogP contribution >= 0.6 is 0 Å². The fraction of sp³-hybridized carbons (Fsp3) is 0.296. The van der Waals surface area contributed by atoms with Gasteiger partial charge in [0, 0.05) is 45.5 Å². The lowest BCUT2D eigenvalue weighted by molar-refractivity contribution is -0.123. The molecule has 2 saturated carbocycles. The van der Waals surface area contributed by atoms with E-state index in [0.29, 0.717) is 0 Å². The van der Waals surface area contributed by atoms with E-state index >= 15 is 0 Å². The summed E-state index contributed by atoms with van der Waals surface area (Å²) in [4.78, 5) is 89.1. The second kappa shape index (κ2) is 7.87. The second-order valence-corrected chi connectivity index (χ2v) is 9.74. The van der Waals surface area contributed by atoms with Crippen LogP contribution in [0.4, 0.5) is 0 Å². The van der Waals surface area contributed by atoms with Gasteiger partial charge in [-0.15, -0.1) is 0 Å². The van der Waals surface area contributed by atoms with Gasteiger partial charge in [-0.3, -0.25) is 33.6 Å². The van der Waals surface area contributed by atoms with Gasteiger partial charge in [0.15, 0.2) is 40.8 Å². The minimum Gasteiger partial charge on any atom is -0.352 e. The maximum atomic E-state index is 13.2. The highest BCUT2D eigenvalue weighted by Crippen LogP contribution is 2.32. The standard InChI is InChI=1S/C27H20N2O7/c30-21(11-1-7-15-17(9-11)24(33)19(22(15)31)26(35)28-13-3-4-13)12-2-8-16-18(10-12)25(34)20(23(16)32)27(36)29-14-5-6-14/h1-2,7-10,13-14,19-20H,3-6H2,(H,28,35)(H,29,36). The Kier molecular flexibility index (Phi) is 4.86. The Morgan fingerprint density at radius 2 is 0.917 bits per heavy atom. The molecule has 2 atom stereocenters. The summed E-state index contributed by atoms with van der Waals surface area (Å²) in [5.41, 5.74) is 0.381. The van der Waals surface area contributed by atoms with Crippen LogP contribution in [0, 0.1) is 11.8 Å². The number of carbonyl (C=O) groups excluding carboxylic acids is 7. The molecule has 2 fully saturated rings. The molecule has 180 valence electrons. The van der Waals surface area contributed by atoms with E-state index in [2.05, 4.69) is 10.6 Å². The van der Waals surface area contributed by atoms with E-state index in [1.165, 1.54) is 36.4 Å². The van der Waals surface area contributed by atoms with Gasteiger partial charge in [0.05, 0.1) is 0 Å². The van der Waals surface area contributed by atoms with Gasteiger partial charge in [0.25, 0.3) is 0 Å². The van der Waals surface area contributed by atoms with Crippen LogP contribution in [-0.2, 0) is 9.59 Å². The predicted molar refractivity (Wildman–Crippen MR) is 123 cm³/mol. The molecule has 0 radical (unpaired) electrons. The Balaban J connectivity index is 1.26. The average Bonchev–Trinajstić information content (AvgIpc) is 3.79. The van der Waals surface area contributed by atoms with Crippen LogP contribution in [0.25, 0.3) is 0 Å². The summed E-state index contributed by atoms with van der Waals surface area (Å²) in [6, 6.07) is 8.05. The van der Waals surface area contributed by atoms with Crippen molar-refractivity contribution in [1.82, 2.24) is 10.6 Å². The van der Waals surface area contributed by atoms with E-state index in [0.717, 1.165) is 25.7 Å². The Hall–Kier alpha value is -4.27. The largest absolute Gasteiger partial charge is 0.352 e. The van der Waals surface area contributed by atoms with E-state index < -0.39 is 52.6 Å². The van der Waals surface area contributed by atoms with Gasteiger partial charge in [-0.1, -0.05) is 12.1 Å². The highest BCUT2D eigenvalue weighted by molar-refractivity contribution is 6.36. The third-order valence-corrected chi connectivity index (χ3v) is 7.05. The number of Topliss-reactive ketones (excluding diaryl/α,β-unsaturated/α-hetero) is 4. The molecule has 0 heterocycles. The molecule has 2 N–H and O–H groups in total. The topological polar surface area (TPSA) is 144 Å². The number of hydrogen-bond donors (Lipinski definition) is 2. The first kappa shape index (κ1) is 22.2. The van der Waals surface area contributed by atoms with Crippen molar-refractivity contribution in [3.05, 3.63) is 69.8 Å². The average molecular weight is 484 g/mol. The van der Waals surface area contributed by atoms with Crippen molar-refractivity contribution in [3.63, 3.8) is 0 Å². The van der Waals surface area contributed by atoms with Crippen LogP contribution in [0.5, 0.6) is 0 Å². The zero-order chi connectivity index (χ0) is 25.3. The van der Waals surface area contributed by atoms with Gasteiger partial charge in [0.1, 0.15) is 0 Å². The minimum atomic E-state index is -1.45. The van der Waals surface area contributed by atoms with Gasteiger partial charge in [-0.2, -0.15) is 0 Å². The van der Waals surface area contributed by atoms with Crippen molar-refractivity contribution in [3.8, 4) is 0 Å². The third-order valence-electron chi connectivity index (χ3n) is 7.05. The van der Waals surface area contributed by atoms with Crippen molar-refractivity contribution < 1.29 is 33.6 Å². The van der Waals surface area contributed by atoms with E-state index in [1.54, 1.807) is 0 Å². The molecule has 2 amide bonds. The van der Waals surface area contributed by atoms with Crippen LogP contribution in [0.3, 0.4) is 0 Å². The lowest BCUT2D eigenvalue weighted by Crippen LogP contribution is -2.37. The first-order valence-corrected chi connectivity index (χ1v) is 11.8. The van der Waals surface area contributed by atoms with Crippen LogP contribution in [-0.4, -0.2) is 52.8 Å².